The summed E-state index contributed by atoms with van der Waals surface area (Å²) in [5, 5.41) is 17.7. The van der Waals surface area contributed by atoms with Gasteiger partial charge in [-0.15, -0.1) is 0 Å². The van der Waals surface area contributed by atoms with Crippen LogP contribution < -0.4 is 32.7 Å². The van der Waals surface area contributed by atoms with Crippen LogP contribution in [0.25, 0.3) is 0 Å². The maximum absolute atomic E-state index is 12.8. The number of amides is 3. The van der Waals surface area contributed by atoms with E-state index in [1.807, 2.05) is 13.8 Å². The number of ketones is 1. The van der Waals surface area contributed by atoms with E-state index in [1.165, 1.54) is 19.1 Å². The molecule has 0 spiro atoms. The molecule has 2 unspecified atom stereocenters. The van der Waals surface area contributed by atoms with Crippen molar-refractivity contribution in [3.63, 3.8) is 0 Å². The van der Waals surface area contributed by atoms with E-state index in [0.717, 1.165) is 0 Å². The summed E-state index contributed by atoms with van der Waals surface area (Å²) in [6, 6.07) is 4.54. The minimum absolute atomic E-state index is 0.0598. The molecule has 0 aliphatic heterocycles. The zero-order chi connectivity index (χ0) is 24.3. The monoisotopic (exact) mass is 447 g/mol. The molecule has 0 fully saturated rings. The summed E-state index contributed by atoms with van der Waals surface area (Å²) < 4.78 is 0. The lowest BCUT2D eigenvalue weighted by atomic mass is 10.0. The van der Waals surface area contributed by atoms with Gasteiger partial charge in [0.15, 0.2) is 5.96 Å². The molecule has 2 atom stereocenters. The van der Waals surface area contributed by atoms with Crippen molar-refractivity contribution in [3.05, 3.63) is 29.8 Å². The van der Waals surface area contributed by atoms with Crippen molar-refractivity contribution in [2.75, 3.05) is 18.4 Å². The highest BCUT2D eigenvalue weighted by Crippen LogP contribution is 2.11. The topological polar surface area (TPSA) is 192 Å². The van der Waals surface area contributed by atoms with Crippen molar-refractivity contribution in [1.82, 2.24) is 16.0 Å². The van der Waals surface area contributed by atoms with E-state index in [2.05, 4.69) is 21.3 Å². The Bertz CT molecular complexity index is 824. The third-order valence-electron chi connectivity index (χ3n) is 4.55. The lowest BCUT2D eigenvalue weighted by molar-refractivity contribution is -0.128. The highest BCUT2D eigenvalue weighted by molar-refractivity contribution is 5.99. The number of anilines is 1. The first-order valence-electron chi connectivity index (χ1n) is 10.3. The molecule has 0 radical (unpaired) electrons. The molecule has 0 saturated carbocycles. The largest absolute Gasteiger partial charge is 0.370 e. The molecular formula is C21H33N7O4. The van der Waals surface area contributed by atoms with Gasteiger partial charge in [-0.2, -0.15) is 0 Å². The second-order valence-corrected chi connectivity index (χ2v) is 7.76. The highest BCUT2D eigenvalue weighted by atomic mass is 16.2. The quantitative estimate of drug-likeness (QED) is 0.129. The van der Waals surface area contributed by atoms with Crippen LogP contribution in [-0.4, -0.2) is 54.6 Å². The van der Waals surface area contributed by atoms with E-state index in [4.69, 9.17) is 16.9 Å². The molecule has 32 heavy (non-hydrogen) atoms. The fraction of sp³-hybridized carbons (Fsp3) is 0.476. The van der Waals surface area contributed by atoms with E-state index < -0.39 is 29.8 Å². The van der Waals surface area contributed by atoms with E-state index in [0.29, 0.717) is 30.6 Å². The second-order valence-electron chi connectivity index (χ2n) is 7.76. The molecule has 11 heteroatoms. The third-order valence-corrected chi connectivity index (χ3v) is 4.55. The van der Waals surface area contributed by atoms with Gasteiger partial charge < -0.3 is 32.7 Å². The normalized spacial score (nSPS) is 12.4. The van der Waals surface area contributed by atoms with Crippen LogP contribution in [0.2, 0.25) is 0 Å². The number of hydrogen-bond donors (Lipinski definition) is 7. The number of carbonyl (C=O) groups is 4. The van der Waals surface area contributed by atoms with E-state index in [1.54, 1.807) is 12.1 Å². The van der Waals surface area contributed by atoms with E-state index >= 15 is 0 Å². The van der Waals surface area contributed by atoms with Crippen LogP contribution in [0.1, 0.15) is 44.0 Å². The smallest absolute Gasteiger partial charge is 0.251 e. The molecular weight excluding hydrogens is 414 g/mol. The predicted molar refractivity (Wildman–Crippen MR) is 122 cm³/mol. The van der Waals surface area contributed by atoms with Crippen LogP contribution in [0.4, 0.5) is 5.69 Å². The summed E-state index contributed by atoms with van der Waals surface area (Å²) in [4.78, 5) is 48.1. The molecule has 1 aromatic rings. The van der Waals surface area contributed by atoms with Crippen LogP contribution in [0.5, 0.6) is 0 Å². The molecule has 0 saturated heterocycles. The Hall–Kier alpha value is -3.47. The first-order chi connectivity index (χ1) is 15.0. The second kappa shape index (κ2) is 13.1. The van der Waals surface area contributed by atoms with Gasteiger partial charge in [-0.05, 0) is 49.9 Å². The number of carbonyl (C=O) groups excluding carboxylic acids is 4. The zero-order valence-corrected chi connectivity index (χ0v) is 18.7. The molecule has 0 aromatic heterocycles. The van der Waals surface area contributed by atoms with Gasteiger partial charge >= 0.3 is 0 Å². The lowest BCUT2D eigenvalue weighted by Crippen LogP contribution is -2.51. The molecule has 0 bridgehead atoms. The average molecular weight is 448 g/mol. The van der Waals surface area contributed by atoms with Crippen molar-refractivity contribution < 1.29 is 19.2 Å². The van der Waals surface area contributed by atoms with Crippen LogP contribution in [0.15, 0.2) is 24.3 Å². The van der Waals surface area contributed by atoms with Crippen LogP contribution in [-0.2, 0) is 14.4 Å². The Labute approximate surface area is 187 Å². The van der Waals surface area contributed by atoms with Crippen molar-refractivity contribution >= 4 is 35.2 Å². The molecule has 0 heterocycles. The Balaban J connectivity index is 2.80. The molecule has 0 aliphatic rings. The summed E-state index contributed by atoms with van der Waals surface area (Å²) in [5.74, 6) is -1.71. The molecule has 1 aromatic carbocycles. The Morgan fingerprint density at radius 1 is 1.03 bits per heavy atom. The fourth-order valence-electron chi connectivity index (χ4n) is 2.61. The summed E-state index contributed by atoms with van der Waals surface area (Å²) >= 11 is 0. The van der Waals surface area contributed by atoms with Gasteiger partial charge in [-0.1, -0.05) is 13.8 Å². The zero-order valence-electron chi connectivity index (χ0n) is 18.7. The minimum atomic E-state index is -0.848. The number of rotatable bonds is 12. The summed E-state index contributed by atoms with van der Waals surface area (Å²) in [5.41, 5.74) is 11.9. The number of hydrogen-bond acceptors (Lipinski definition) is 6. The first kappa shape index (κ1) is 26.6. The van der Waals surface area contributed by atoms with Gasteiger partial charge in [0.1, 0.15) is 11.8 Å². The molecule has 176 valence electrons. The van der Waals surface area contributed by atoms with Gasteiger partial charge in [0.05, 0.1) is 12.6 Å². The molecule has 1 rings (SSSR count). The van der Waals surface area contributed by atoms with Gasteiger partial charge in [0.2, 0.25) is 11.8 Å². The molecule has 9 N–H and O–H groups in total. The Kier molecular flexibility index (Phi) is 10.8. The lowest BCUT2D eigenvalue weighted by Gasteiger charge is -2.22. The Morgan fingerprint density at radius 3 is 2.19 bits per heavy atom. The fourth-order valence-corrected chi connectivity index (χ4v) is 2.61. The van der Waals surface area contributed by atoms with Crippen LogP contribution >= 0.6 is 0 Å². The summed E-state index contributed by atoms with van der Waals surface area (Å²) in [6.45, 7) is 5.30. The summed E-state index contributed by atoms with van der Waals surface area (Å²) in [6.07, 6.45) is 0.776. The van der Waals surface area contributed by atoms with E-state index in [-0.39, 0.29) is 24.2 Å². The van der Waals surface area contributed by atoms with Crippen molar-refractivity contribution in [3.8, 4) is 0 Å². The first-order valence-corrected chi connectivity index (χ1v) is 10.3. The standard InChI is InChI=1S/C21H33N7O4/c1-12(2)17(22)20(32)28-16(5-4-10-25-21(23)24)19(31)27-15-8-6-14(7-9-15)18(30)26-11-13(3)29/h6-9,12,16-17H,4-5,10-11,22H2,1-3H3,(H,26,30)(H,27,31)(H,28,32)(H4,23,24,25). The number of Topliss-reactive ketones (excluding diaryl/α,β-unsaturated/α-hetero) is 1. The van der Waals surface area contributed by atoms with Gasteiger partial charge in [0, 0.05) is 17.8 Å². The molecule has 11 nitrogen and oxygen atoms in total. The highest BCUT2D eigenvalue weighted by Gasteiger charge is 2.25. The number of nitrogens with two attached hydrogens (primary N) is 2. The Morgan fingerprint density at radius 2 is 1.66 bits per heavy atom. The van der Waals surface area contributed by atoms with Crippen molar-refractivity contribution in [1.29, 1.82) is 5.41 Å². The van der Waals surface area contributed by atoms with Crippen molar-refractivity contribution in [2.45, 2.75) is 45.7 Å². The number of benzene rings is 1. The predicted octanol–water partition coefficient (Wildman–Crippen LogP) is -0.325. The SMILES string of the molecule is CC(=O)CNC(=O)c1ccc(NC(=O)C(CCCNC(=N)N)NC(=O)C(N)C(C)C)cc1. The molecule has 0 aliphatic carbocycles. The van der Waals surface area contributed by atoms with Crippen LogP contribution in [0, 0.1) is 11.3 Å². The van der Waals surface area contributed by atoms with Crippen molar-refractivity contribution in [2.24, 2.45) is 17.4 Å². The van der Waals surface area contributed by atoms with Gasteiger partial charge in [-0.25, -0.2) is 0 Å². The van der Waals surface area contributed by atoms with Gasteiger partial charge in [0.25, 0.3) is 5.91 Å². The number of guanidine groups is 1. The maximum atomic E-state index is 12.8. The van der Waals surface area contributed by atoms with Crippen LogP contribution in [0.3, 0.4) is 0 Å². The summed E-state index contributed by atoms with van der Waals surface area (Å²) in [7, 11) is 0. The van der Waals surface area contributed by atoms with E-state index in [9.17, 15) is 19.2 Å². The van der Waals surface area contributed by atoms with Gasteiger partial charge in [-0.3, -0.25) is 24.6 Å². The maximum Gasteiger partial charge on any atom is 0.251 e. The molecule has 3 amide bonds. The number of nitrogens with one attached hydrogen (secondary N) is 5. The average Bonchev–Trinajstić information content (AvgIpc) is 2.73. The minimum Gasteiger partial charge on any atom is -0.370 e. The third kappa shape index (κ3) is 9.56.